The van der Waals surface area contributed by atoms with E-state index in [1.165, 1.54) is 5.56 Å². The Morgan fingerprint density at radius 3 is 2.56 bits per heavy atom. The highest BCUT2D eigenvalue weighted by Crippen LogP contribution is 2.21. The van der Waals surface area contributed by atoms with Gasteiger partial charge in [-0.15, -0.1) is 0 Å². The molecule has 6 heteroatoms. The molecule has 6 nitrogen and oxygen atoms in total. The molecule has 1 heterocycles. The molecule has 0 bridgehead atoms. The minimum Gasteiger partial charge on any atom is -0.497 e. The van der Waals surface area contributed by atoms with Gasteiger partial charge < -0.3 is 20.1 Å². The molecular formula is C21H30N4O2. The maximum Gasteiger partial charge on any atom is 0.218 e. The van der Waals surface area contributed by atoms with E-state index in [0.717, 1.165) is 36.8 Å². The van der Waals surface area contributed by atoms with Gasteiger partial charge >= 0.3 is 0 Å². The lowest BCUT2D eigenvalue weighted by atomic mass is 9.98. The largest absolute Gasteiger partial charge is 0.497 e. The van der Waals surface area contributed by atoms with Gasteiger partial charge in [0.05, 0.1) is 20.8 Å². The van der Waals surface area contributed by atoms with Crippen LogP contribution in [0.1, 0.15) is 37.3 Å². The minimum absolute atomic E-state index is 0.449. The first-order valence-electron chi connectivity index (χ1n) is 9.32. The summed E-state index contributed by atoms with van der Waals surface area (Å²) in [5.41, 5.74) is 2.27. The number of nitrogens with one attached hydrogen (secondary N) is 2. The van der Waals surface area contributed by atoms with Gasteiger partial charge in [-0.05, 0) is 43.0 Å². The Hall–Kier alpha value is -2.76. The van der Waals surface area contributed by atoms with E-state index in [0.29, 0.717) is 18.3 Å². The Labute approximate surface area is 162 Å². The fourth-order valence-electron chi connectivity index (χ4n) is 2.74. The molecule has 1 atom stereocenters. The third-order valence-electron chi connectivity index (χ3n) is 4.35. The summed E-state index contributed by atoms with van der Waals surface area (Å²) in [4.78, 5) is 8.85. The third kappa shape index (κ3) is 6.47. The van der Waals surface area contributed by atoms with Gasteiger partial charge in [0, 0.05) is 24.8 Å². The van der Waals surface area contributed by atoms with Gasteiger partial charge in [-0.1, -0.05) is 25.1 Å². The normalized spacial score (nSPS) is 12.4. The number of aromatic nitrogens is 1. The number of pyridine rings is 1. The van der Waals surface area contributed by atoms with Crippen molar-refractivity contribution >= 4 is 5.96 Å². The van der Waals surface area contributed by atoms with Crippen molar-refractivity contribution < 1.29 is 9.47 Å². The molecule has 2 aromatic rings. The highest BCUT2D eigenvalue weighted by molar-refractivity contribution is 5.79. The molecule has 0 aliphatic carbocycles. The molecular weight excluding hydrogens is 340 g/mol. The third-order valence-corrected chi connectivity index (χ3v) is 4.35. The highest BCUT2D eigenvalue weighted by Gasteiger charge is 2.07. The fourth-order valence-corrected chi connectivity index (χ4v) is 2.74. The predicted octanol–water partition coefficient (Wildman–Crippen LogP) is 3.35. The number of hydrogen-bond donors (Lipinski definition) is 2. The number of aliphatic imine (C=N–C) groups is 1. The summed E-state index contributed by atoms with van der Waals surface area (Å²) in [6.45, 7) is 6.45. The Bertz CT molecular complexity index is 716. The molecule has 1 aromatic heterocycles. The summed E-state index contributed by atoms with van der Waals surface area (Å²) in [6, 6.07) is 12.1. The molecule has 1 aromatic carbocycles. The molecule has 0 spiro atoms. The Morgan fingerprint density at radius 2 is 1.89 bits per heavy atom. The lowest BCUT2D eigenvalue weighted by molar-refractivity contribution is 0.392. The van der Waals surface area contributed by atoms with Crippen molar-refractivity contribution in [2.45, 2.75) is 32.7 Å². The second-order valence-corrected chi connectivity index (χ2v) is 6.26. The van der Waals surface area contributed by atoms with Crippen molar-refractivity contribution in [1.29, 1.82) is 0 Å². The van der Waals surface area contributed by atoms with Crippen LogP contribution in [0, 0.1) is 0 Å². The van der Waals surface area contributed by atoms with E-state index in [1.54, 1.807) is 20.4 Å². The topological polar surface area (TPSA) is 67.8 Å². The molecule has 0 fully saturated rings. The van der Waals surface area contributed by atoms with Gasteiger partial charge in [-0.3, -0.25) is 0 Å². The summed E-state index contributed by atoms with van der Waals surface area (Å²) in [7, 11) is 3.31. The number of hydrogen-bond acceptors (Lipinski definition) is 4. The number of guanidine groups is 1. The molecule has 2 rings (SSSR count). The van der Waals surface area contributed by atoms with E-state index in [1.807, 2.05) is 24.3 Å². The second kappa shape index (κ2) is 11.1. The van der Waals surface area contributed by atoms with Gasteiger partial charge in [0.2, 0.25) is 5.88 Å². The number of benzene rings is 1. The first-order valence-corrected chi connectivity index (χ1v) is 9.32. The molecule has 146 valence electrons. The van der Waals surface area contributed by atoms with E-state index < -0.39 is 0 Å². The van der Waals surface area contributed by atoms with E-state index in [2.05, 4.69) is 46.6 Å². The van der Waals surface area contributed by atoms with Gasteiger partial charge in [-0.25, -0.2) is 9.98 Å². The number of nitrogens with zero attached hydrogens (tertiary/aromatic N) is 2. The molecule has 0 radical (unpaired) electrons. The summed E-state index contributed by atoms with van der Waals surface area (Å²) >= 11 is 0. The molecule has 0 saturated heterocycles. The fraction of sp³-hybridized carbons (Fsp3) is 0.429. The Kier molecular flexibility index (Phi) is 8.42. The summed E-state index contributed by atoms with van der Waals surface area (Å²) < 4.78 is 10.5. The molecule has 0 saturated carbocycles. The molecule has 0 amide bonds. The first kappa shape index (κ1) is 20.6. The van der Waals surface area contributed by atoms with Crippen LogP contribution in [0.3, 0.4) is 0 Å². The quantitative estimate of drug-likeness (QED) is 0.523. The average molecular weight is 370 g/mol. The second-order valence-electron chi connectivity index (χ2n) is 6.26. The molecule has 2 N–H and O–H groups in total. The zero-order valence-electron chi connectivity index (χ0n) is 16.7. The smallest absolute Gasteiger partial charge is 0.218 e. The van der Waals surface area contributed by atoms with Gasteiger partial charge in [0.1, 0.15) is 5.75 Å². The number of rotatable bonds is 9. The van der Waals surface area contributed by atoms with Crippen LogP contribution in [0.4, 0.5) is 0 Å². The van der Waals surface area contributed by atoms with Crippen LogP contribution in [0.15, 0.2) is 47.6 Å². The molecule has 1 unspecified atom stereocenters. The van der Waals surface area contributed by atoms with Crippen molar-refractivity contribution in [1.82, 2.24) is 15.6 Å². The molecule has 0 aliphatic heterocycles. The standard InChI is InChI=1S/C21H30N4O2/c1-5-22-21(25-15-18-7-6-13-23-20(18)27-4)24-14-12-16(2)17-8-10-19(26-3)11-9-17/h6-11,13,16H,5,12,14-15H2,1-4H3,(H2,22,24,25). The molecule has 27 heavy (non-hydrogen) atoms. The van der Waals surface area contributed by atoms with Crippen LogP contribution in [0.25, 0.3) is 0 Å². The van der Waals surface area contributed by atoms with E-state index >= 15 is 0 Å². The predicted molar refractivity (Wildman–Crippen MR) is 110 cm³/mol. The lowest BCUT2D eigenvalue weighted by Crippen LogP contribution is -2.38. The van der Waals surface area contributed by atoms with Crippen LogP contribution in [-0.2, 0) is 6.54 Å². The van der Waals surface area contributed by atoms with Crippen LogP contribution in [0.2, 0.25) is 0 Å². The summed E-state index contributed by atoms with van der Waals surface area (Å²) in [5.74, 6) is 2.75. The zero-order chi connectivity index (χ0) is 19.5. The number of ether oxygens (including phenoxy) is 2. The van der Waals surface area contributed by atoms with Crippen LogP contribution in [0.5, 0.6) is 11.6 Å². The maximum absolute atomic E-state index is 5.29. The van der Waals surface area contributed by atoms with Crippen LogP contribution >= 0.6 is 0 Å². The van der Waals surface area contributed by atoms with Gasteiger partial charge in [0.25, 0.3) is 0 Å². The van der Waals surface area contributed by atoms with E-state index in [-0.39, 0.29) is 0 Å². The summed E-state index contributed by atoms with van der Waals surface area (Å²) in [6.07, 6.45) is 2.73. The maximum atomic E-state index is 5.29. The van der Waals surface area contributed by atoms with Crippen molar-refractivity contribution in [2.75, 3.05) is 27.3 Å². The van der Waals surface area contributed by atoms with Crippen molar-refractivity contribution in [3.8, 4) is 11.6 Å². The van der Waals surface area contributed by atoms with Crippen molar-refractivity contribution in [3.63, 3.8) is 0 Å². The van der Waals surface area contributed by atoms with E-state index in [4.69, 9.17) is 9.47 Å². The van der Waals surface area contributed by atoms with Crippen LogP contribution in [-0.4, -0.2) is 38.3 Å². The highest BCUT2D eigenvalue weighted by atomic mass is 16.5. The first-order chi connectivity index (χ1) is 13.2. The zero-order valence-corrected chi connectivity index (χ0v) is 16.7. The van der Waals surface area contributed by atoms with Gasteiger partial charge in [-0.2, -0.15) is 0 Å². The van der Waals surface area contributed by atoms with Crippen LogP contribution < -0.4 is 20.1 Å². The van der Waals surface area contributed by atoms with Crippen molar-refractivity contribution in [3.05, 3.63) is 53.7 Å². The Balaban J connectivity index is 1.89. The Morgan fingerprint density at radius 1 is 1.11 bits per heavy atom. The minimum atomic E-state index is 0.449. The SMILES string of the molecule is CCNC(=NCc1cccnc1OC)NCCC(C)c1ccc(OC)cc1. The molecule has 0 aliphatic rings. The average Bonchev–Trinajstić information content (AvgIpc) is 2.72. The van der Waals surface area contributed by atoms with Gasteiger partial charge in [0.15, 0.2) is 5.96 Å². The monoisotopic (exact) mass is 370 g/mol. The summed E-state index contributed by atoms with van der Waals surface area (Å²) in [5, 5.41) is 6.68. The lowest BCUT2D eigenvalue weighted by Gasteiger charge is -2.15. The van der Waals surface area contributed by atoms with E-state index in [9.17, 15) is 0 Å². The van der Waals surface area contributed by atoms with Crippen molar-refractivity contribution in [2.24, 2.45) is 4.99 Å². The number of methoxy groups -OCH3 is 2.